The van der Waals surface area contributed by atoms with Gasteiger partial charge in [0.15, 0.2) is 0 Å². The molecule has 0 radical (unpaired) electrons. The largest absolute Gasteiger partial charge is 0.355 e. The van der Waals surface area contributed by atoms with Crippen molar-refractivity contribution in [3.05, 3.63) is 58.2 Å². The van der Waals surface area contributed by atoms with Gasteiger partial charge < -0.3 is 4.90 Å². The van der Waals surface area contributed by atoms with Crippen molar-refractivity contribution in [3.8, 4) is 0 Å². The van der Waals surface area contributed by atoms with Gasteiger partial charge in [-0.25, -0.2) is 4.98 Å². The molecular formula is C14H14BrClN2. The molecule has 0 aliphatic heterocycles. The second-order valence-corrected chi connectivity index (χ2v) is 5.32. The third-order valence-electron chi connectivity index (χ3n) is 2.69. The SMILES string of the molecule is CN(Cc1ccc(Br)cc1)c1cc(CCl)ccn1. The van der Waals surface area contributed by atoms with Gasteiger partial charge in [0.05, 0.1) is 0 Å². The molecule has 0 N–H and O–H groups in total. The molecule has 1 heterocycles. The topological polar surface area (TPSA) is 16.1 Å². The Hall–Kier alpha value is -1.06. The average molecular weight is 326 g/mol. The molecule has 18 heavy (non-hydrogen) atoms. The standard InChI is InChI=1S/C14H14BrClN2/c1-18(10-11-2-4-13(15)5-3-11)14-8-12(9-16)6-7-17-14/h2-8H,9-10H2,1H3. The number of rotatable bonds is 4. The summed E-state index contributed by atoms with van der Waals surface area (Å²) in [5.41, 5.74) is 2.34. The van der Waals surface area contributed by atoms with E-state index in [9.17, 15) is 0 Å². The van der Waals surface area contributed by atoms with Gasteiger partial charge in [0.1, 0.15) is 5.82 Å². The second kappa shape index (κ2) is 6.21. The van der Waals surface area contributed by atoms with E-state index in [4.69, 9.17) is 11.6 Å². The van der Waals surface area contributed by atoms with Crippen LogP contribution in [0.3, 0.4) is 0 Å². The minimum atomic E-state index is 0.516. The Morgan fingerprint density at radius 1 is 1.17 bits per heavy atom. The maximum Gasteiger partial charge on any atom is 0.128 e. The van der Waals surface area contributed by atoms with Crippen LogP contribution in [0.2, 0.25) is 0 Å². The van der Waals surface area contributed by atoms with Crippen LogP contribution in [0.4, 0.5) is 5.82 Å². The summed E-state index contributed by atoms with van der Waals surface area (Å²) in [7, 11) is 2.03. The first-order valence-electron chi connectivity index (χ1n) is 5.65. The molecule has 0 saturated carbocycles. The zero-order valence-electron chi connectivity index (χ0n) is 10.1. The van der Waals surface area contributed by atoms with Crippen molar-refractivity contribution >= 4 is 33.3 Å². The van der Waals surface area contributed by atoms with Gasteiger partial charge in [0.25, 0.3) is 0 Å². The summed E-state index contributed by atoms with van der Waals surface area (Å²) in [5, 5.41) is 0. The van der Waals surface area contributed by atoms with E-state index in [0.29, 0.717) is 5.88 Å². The number of halogens is 2. The predicted molar refractivity (Wildman–Crippen MR) is 80.0 cm³/mol. The van der Waals surface area contributed by atoms with Crippen molar-refractivity contribution in [2.45, 2.75) is 12.4 Å². The molecule has 0 amide bonds. The van der Waals surface area contributed by atoms with Gasteiger partial charge in [-0.15, -0.1) is 11.6 Å². The zero-order chi connectivity index (χ0) is 13.0. The molecule has 0 atom stereocenters. The molecule has 1 aromatic heterocycles. The molecular weight excluding hydrogens is 312 g/mol. The summed E-state index contributed by atoms with van der Waals surface area (Å²) >= 11 is 9.26. The molecule has 0 unspecified atom stereocenters. The smallest absolute Gasteiger partial charge is 0.128 e. The lowest BCUT2D eigenvalue weighted by molar-refractivity contribution is 0.896. The van der Waals surface area contributed by atoms with Crippen LogP contribution in [-0.2, 0) is 12.4 Å². The highest BCUT2D eigenvalue weighted by Crippen LogP contribution is 2.17. The number of anilines is 1. The Morgan fingerprint density at radius 3 is 2.56 bits per heavy atom. The molecule has 1 aromatic carbocycles. The number of nitrogens with zero attached hydrogens (tertiary/aromatic N) is 2. The third kappa shape index (κ3) is 3.47. The summed E-state index contributed by atoms with van der Waals surface area (Å²) in [6, 6.07) is 12.3. The number of aromatic nitrogens is 1. The monoisotopic (exact) mass is 324 g/mol. The van der Waals surface area contributed by atoms with Crippen LogP contribution >= 0.6 is 27.5 Å². The van der Waals surface area contributed by atoms with Gasteiger partial charge in [0.2, 0.25) is 0 Å². The van der Waals surface area contributed by atoms with Crippen molar-refractivity contribution < 1.29 is 0 Å². The number of hydrogen-bond donors (Lipinski definition) is 0. The highest BCUT2D eigenvalue weighted by Gasteiger charge is 2.04. The summed E-state index contributed by atoms with van der Waals surface area (Å²) in [6.45, 7) is 0.825. The summed E-state index contributed by atoms with van der Waals surface area (Å²) in [5.74, 6) is 1.46. The lowest BCUT2D eigenvalue weighted by atomic mass is 10.2. The molecule has 4 heteroatoms. The first-order valence-corrected chi connectivity index (χ1v) is 6.98. The van der Waals surface area contributed by atoms with Crippen LogP contribution in [0.15, 0.2) is 47.1 Å². The highest BCUT2D eigenvalue weighted by molar-refractivity contribution is 9.10. The van der Waals surface area contributed by atoms with Crippen LogP contribution in [-0.4, -0.2) is 12.0 Å². The number of benzene rings is 1. The van der Waals surface area contributed by atoms with Crippen molar-refractivity contribution in [1.29, 1.82) is 0 Å². The zero-order valence-corrected chi connectivity index (χ0v) is 12.4. The predicted octanol–water partition coefficient (Wildman–Crippen LogP) is 4.22. The van der Waals surface area contributed by atoms with Crippen molar-refractivity contribution in [2.24, 2.45) is 0 Å². The molecule has 2 nitrogen and oxygen atoms in total. The number of alkyl halides is 1. The Bertz CT molecular complexity index is 513. The third-order valence-corrected chi connectivity index (χ3v) is 3.53. The fourth-order valence-electron chi connectivity index (χ4n) is 1.70. The fraction of sp³-hybridized carbons (Fsp3) is 0.214. The molecule has 0 spiro atoms. The van der Waals surface area contributed by atoms with Gasteiger partial charge >= 0.3 is 0 Å². The fourth-order valence-corrected chi connectivity index (χ4v) is 2.13. The Balaban J connectivity index is 2.11. The van der Waals surface area contributed by atoms with Crippen molar-refractivity contribution in [3.63, 3.8) is 0 Å². The van der Waals surface area contributed by atoms with Gasteiger partial charge in [-0.1, -0.05) is 28.1 Å². The molecule has 2 aromatic rings. The summed E-state index contributed by atoms with van der Waals surface area (Å²) in [6.07, 6.45) is 1.80. The lowest BCUT2D eigenvalue weighted by Crippen LogP contribution is -2.17. The van der Waals surface area contributed by atoms with E-state index in [0.717, 1.165) is 22.4 Å². The van der Waals surface area contributed by atoms with Crippen LogP contribution in [0.5, 0.6) is 0 Å². The van der Waals surface area contributed by atoms with Gasteiger partial charge in [-0.05, 0) is 35.4 Å². The van der Waals surface area contributed by atoms with Crippen LogP contribution < -0.4 is 4.90 Å². The summed E-state index contributed by atoms with van der Waals surface area (Å²) in [4.78, 5) is 6.47. The maximum atomic E-state index is 5.83. The minimum Gasteiger partial charge on any atom is -0.355 e. The molecule has 2 rings (SSSR count). The maximum absolute atomic E-state index is 5.83. The van der Waals surface area contributed by atoms with E-state index in [1.54, 1.807) is 6.20 Å². The van der Waals surface area contributed by atoms with E-state index in [1.807, 2.05) is 31.3 Å². The van der Waals surface area contributed by atoms with Crippen LogP contribution in [0.25, 0.3) is 0 Å². The van der Waals surface area contributed by atoms with E-state index in [2.05, 4.69) is 37.9 Å². The first kappa shape index (κ1) is 13.4. The molecule has 0 bridgehead atoms. The second-order valence-electron chi connectivity index (χ2n) is 4.14. The molecule has 0 aliphatic rings. The van der Waals surface area contributed by atoms with E-state index in [-0.39, 0.29) is 0 Å². The normalized spacial score (nSPS) is 10.4. The van der Waals surface area contributed by atoms with Gasteiger partial charge in [-0.3, -0.25) is 0 Å². The van der Waals surface area contributed by atoms with E-state index < -0.39 is 0 Å². The van der Waals surface area contributed by atoms with Crippen molar-refractivity contribution in [2.75, 3.05) is 11.9 Å². The quantitative estimate of drug-likeness (QED) is 0.782. The van der Waals surface area contributed by atoms with Crippen LogP contribution in [0, 0.1) is 0 Å². The van der Waals surface area contributed by atoms with E-state index >= 15 is 0 Å². The highest BCUT2D eigenvalue weighted by atomic mass is 79.9. The Kier molecular flexibility index (Phi) is 4.61. The van der Waals surface area contributed by atoms with Crippen molar-refractivity contribution in [1.82, 2.24) is 4.98 Å². The number of pyridine rings is 1. The Labute approximate surface area is 121 Å². The lowest BCUT2D eigenvalue weighted by Gasteiger charge is -2.18. The molecule has 0 fully saturated rings. The van der Waals surface area contributed by atoms with Gasteiger partial charge in [0, 0.05) is 30.1 Å². The van der Waals surface area contributed by atoms with Crippen LogP contribution in [0.1, 0.15) is 11.1 Å². The number of hydrogen-bond acceptors (Lipinski definition) is 2. The summed E-state index contributed by atoms with van der Waals surface area (Å²) < 4.78 is 1.09. The molecule has 0 saturated heterocycles. The Morgan fingerprint density at radius 2 is 1.89 bits per heavy atom. The molecule has 94 valence electrons. The average Bonchev–Trinajstić information content (AvgIpc) is 2.41. The first-order chi connectivity index (χ1) is 8.69. The minimum absolute atomic E-state index is 0.516. The van der Waals surface area contributed by atoms with E-state index in [1.165, 1.54) is 5.56 Å². The molecule has 0 aliphatic carbocycles. The van der Waals surface area contributed by atoms with Gasteiger partial charge in [-0.2, -0.15) is 0 Å².